The van der Waals surface area contributed by atoms with Crippen molar-refractivity contribution in [1.82, 2.24) is 15.2 Å². The van der Waals surface area contributed by atoms with Gasteiger partial charge in [0.15, 0.2) is 17.3 Å². The van der Waals surface area contributed by atoms with Gasteiger partial charge in [-0.15, -0.1) is 0 Å². The molecule has 152 valence electrons. The number of ether oxygens (including phenoxy) is 2. The van der Waals surface area contributed by atoms with Crippen LogP contribution >= 0.6 is 0 Å². The maximum absolute atomic E-state index is 12.9. The Morgan fingerprint density at radius 1 is 1.38 bits per heavy atom. The van der Waals surface area contributed by atoms with Gasteiger partial charge >= 0.3 is 0 Å². The van der Waals surface area contributed by atoms with Crippen molar-refractivity contribution in [3.63, 3.8) is 0 Å². The number of nitrogens with one attached hydrogen (secondary N) is 2. The van der Waals surface area contributed by atoms with Crippen molar-refractivity contribution in [2.45, 2.75) is 43.4 Å². The van der Waals surface area contributed by atoms with E-state index in [2.05, 4.69) is 15.6 Å². The molecule has 0 unspecified atom stereocenters. The topological polar surface area (TPSA) is 122 Å². The van der Waals surface area contributed by atoms with Gasteiger partial charge in [0.1, 0.15) is 6.04 Å². The Morgan fingerprint density at radius 2 is 2.28 bits per heavy atom. The van der Waals surface area contributed by atoms with Gasteiger partial charge < -0.3 is 30.7 Å². The largest absolute Gasteiger partial charge is 0.472 e. The number of fused-ring (bicyclic) bond motifs is 2. The third-order valence-electron chi connectivity index (χ3n) is 7.04. The second-order valence-corrected chi connectivity index (χ2v) is 8.66. The second-order valence-electron chi connectivity index (χ2n) is 8.66. The van der Waals surface area contributed by atoms with Crippen LogP contribution in [0.1, 0.15) is 25.7 Å². The number of rotatable bonds is 3. The van der Waals surface area contributed by atoms with Gasteiger partial charge in [-0.2, -0.15) is 0 Å². The van der Waals surface area contributed by atoms with E-state index in [9.17, 15) is 9.59 Å². The molecule has 0 bridgehead atoms. The van der Waals surface area contributed by atoms with Crippen molar-refractivity contribution in [2.24, 2.45) is 17.6 Å². The molecule has 9 heteroatoms. The van der Waals surface area contributed by atoms with Gasteiger partial charge in [-0.25, -0.2) is 4.98 Å². The maximum Gasteiger partial charge on any atom is 0.271 e. The molecular weight excluding hydrogens is 374 g/mol. The number of hydrogen-bond acceptors (Lipinski definition) is 7. The Labute approximate surface area is 167 Å². The van der Waals surface area contributed by atoms with Crippen LogP contribution in [-0.2, 0) is 14.3 Å². The average Bonchev–Trinajstić information content (AvgIpc) is 3.04. The summed E-state index contributed by atoms with van der Waals surface area (Å²) in [5, 5.41) is 6.37. The number of hydrogen-bond donors (Lipinski definition) is 3. The van der Waals surface area contributed by atoms with E-state index in [0.717, 1.165) is 12.3 Å². The highest BCUT2D eigenvalue weighted by Gasteiger charge is 2.59. The minimum Gasteiger partial charge on any atom is -0.472 e. The van der Waals surface area contributed by atoms with Gasteiger partial charge in [0.2, 0.25) is 17.4 Å². The molecule has 1 aliphatic carbocycles. The molecule has 2 saturated heterocycles. The first kappa shape index (κ1) is 17.1. The van der Waals surface area contributed by atoms with E-state index >= 15 is 0 Å². The lowest BCUT2D eigenvalue weighted by atomic mass is 9.94. The van der Waals surface area contributed by atoms with E-state index in [4.69, 9.17) is 15.2 Å². The van der Waals surface area contributed by atoms with E-state index in [1.807, 2.05) is 4.90 Å². The minimum atomic E-state index is -1.20. The van der Waals surface area contributed by atoms with Crippen molar-refractivity contribution in [3.05, 3.63) is 30.0 Å². The quantitative estimate of drug-likeness (QED) is 0.670. The first-order chi connectivity index (χ1) is 14.1. The summed E-state index contributed by atoms with van der Waals surface area (Å²) in [5.41, 5.74) is 4.50. The van der Waals surface area contributed by atoms with Gasteiger partial charge in [0, 0.05) is 12.6 Å². The highest BCUT2D eigenvalue weighted by molar-refractivity contribution is 6.01. The van der Waals surface area contributed by atoms with Crippen molar-refractivity contribution in [3.8, 4) is 5.75 Å². The second kappa shape index (κ2) is 5.85. The monoisotopic (exact) mass is 397 g/mol. The zero-order valence-electron chi connectivity index (χ0n) is 15.9. The number of carbonyl (C=O) groups excluding carboxylic acids is 2. The molecule has 5 heterocycles. The lowest BCUT2D eigenvalue weighted by molar-refractivity contribution is -0.131. The van der Waals surface area contributed by atoms with Gasteiger partial charge in [-0.3, -0.25) is 9.59 Å². The van der Waals surface area contributed by atoms with Crippen LogP contribution in [0.25, 0.3) is 0 Å². The molecule has 5 aliphatic rings. The Kier molecular flexibility index (Phi) is 3.45. The van der Waals surface area contributed by atoms with Gasteiger partial charge in [0.25, 0.3) is 5.91 Å². The molecule has 4 aliphatic heterocycles. The van der Waals surface area contributed by atoms with Crippen molar-refractivity contribution in [1.29, 1.82) is 0 Å². The maximum atomic E-state index is 12.9. The average molecular weight is 397 g/mol. The summed E-state index contributed by atoms with van der Waals surface area (Å²) in [5.74, 6) is 2.93. The third-order valence-corrected chi connectivity index (χ3v) is 7.04. The zero-order chi connectivity index (χ0) is 19.8. The molecule has 1 aromatic heterocycles. The SMILES string of the molecule is NC(=O)[C@@H]1C[C@]2(CN1C1=C([C@H]3NC[C@@H]4CCC[C@@H]43)O1)Oc1cccnc1NC2=O. The van der Waals surface area contributed by atoms with Crippen LogP contribution in [0.2, 0.25) is 0 Å². The van der Waals surface area contributed by atoms with Crippen LogP contribution in [0.15, 0.2) is 30.0 Å². The number of likely N-dealkylation sites (tertiary alicyclic amines) is 1. The predicted octanol–water partition coefficient (Wildman–Crippen LogP) is 0.298. The first-order valence-corrected chi connectivity index (χ1v) is 10.2. The summed E-state index contributed by atoms with van der Waals surface area (Å²) in [6.45, 7) is 1.22. The molecule has 5 atom stereocenters. The van der Waals surface area contributed by atoms with Gasteiger partial charge in [-0.05, 0) is 43.4 Å². The van der Waals surface area contributed by atoms with Gasteiger partial charge in [0.05, 0.1) is 12.6 Å². The number of carbonyl (C=O) groups is 2. The van der Waals surface area contributed by atoms with E-state index < -0.39 is 17.6 Å². The highest BCUT2D eigenvalue weighted by Crippen LogP contribution is 2.49. The normalized spacial score (nSPS) is 37.1. The molecule has 1 aromatic rings. The Hall–Kier alpha value is -2.81. The molecular formula is C20H23N5O4. The number of primary amides is 1. The highest BCUT2D eigenvalue weighted by atomic mass is 16.6. The van der Waals surface area contributed by atoms with E-state index in [-0.39, 0.29) is 24.9 Å². The number of pyridine rings is 1. The molecule has 6 rings (SSSR count). The Bertz CT molecular complexity index is 949. The molecule has 1 spiro atoms. The summed E-state index contributed by atoms with van der Waals surface area (Å²) in [6.07, 6.45) is 5.48. The van der Waals surface area contributed by atoms with Crippen LogP contribution in [-0.4, -0.2) is 52.5 Å². The number of anilines is 1. The van der Waals surface area contributed by atoms with Crippen LogP contribution < -0.4 is 21.1 Å². The van der Waals surface area contributed by atoms with Crippen LogP contribution in [0, 0.1) is 11.8 Å². The van der Waals surface area contributed by atoms with Crippen molar-refractivity contribution in [2.75, 3.05) is 18.4 Å². The number of aromatic nitrogens is 1. The standard InChI is InChI=1S/C20H23N5O4/c21-16(26)12-7-20(19(27)24-17-13(29-20)5-2-6-22-17)9-25(12)18-15(28-18)14-11-4-1-3-10(11)8-23-14/h2,5-6,10-12,14,23H,1,3-4,7-9H2,(H2,21,26)(H,22,24,27)/t10-,11-,12-,14-,20+/m0/s1. The summed E-state index contributed by atoms with van der Waals surface area (Å²) in [7, 11) is 0. The van der Waals surface area contributed by atoms with Gasteiger partial charge in [-0.1, -0.05) is 6.42 Å². The third kappa shape index (κ3) is 2.46. The lowest BCUT2D eigenvalue weighted by Gasteiger charge is -2.33. The number of nitrogens with zero attached hydrogens (tertiary/aromatic N) is 2. The summed E-state index contributed by atoms with van der Waals surface area (Å²) < 4.78 is 12.0. The first-order valence-electron chi connectivity index (χ1n) is 10.2. The summed E-state index contributed by atoms with van der Waals surface area (Å²) in [4.78, 5) is 31.1. The van der Waals surface area contributed by atoms with Crippen LogP contribution in [0.3, 0.4) is 0 Å². The van der Waals surface area contributed by atoms with E-state index in [1.165, 1.54) is 19.3 Å². The lowest BCUT2D eigenvalue weighted by Crippen LogP contribution is -2.52. The molecule has 2 amide bonds. The molecule has 0 aromatic carbocycles. The zero-order valence-corrected chi connectivity index (χ0v) is 15.9. The van der Waals surface area contributed by atoms with Crippen molar-refractivity contribution >= 4 is 17.6 Å². The van der Waals surface area contributed by atoms with E-state index in [1.54, 1.807) is 18.3 Å². The summed E-state index contributed by atoms with van der Waals surface area (Å²) >= 11 is 0. The molecule has 4 N–H and O–H groups in total. The van der Waals surface area contributed by atoms with Crippen LogP contribution in [0.5, 0.6) is 5.75 Å². The van der Waals surface area contributed by atoms with Crippen LogP contribution in [0.4, 0.5) is 5.82 Å². The smallest absolute Gasteiger partial charge is 0.271 e. The summed E-state index contributed by atoms with van der Waals surface area (Å²) in [6, 6.07) is 3.03. The molecule has 3 fully saturated rings. The Morgan fingerprint density at radius 3 is 3.14 bits per heavy atom. The fraction of sp³-hybridized carbons (Fsp3) is 0.550. The molecule has 1 saturated carbocycles. The fourth-order valence-corrected chi connectivity index (χ4v) is 5.57. The number of amides is 2. The fourth-order valence-electron chi connectivity index (χ4n) is 5.57. The van der Waals surface area contributed by atoms with E-state index in [0.29, 0.717) is 29.3 Å². The minimum absolute atomic E-state index is 0.173. The molecule has 29 heavy (non-hydrogen) atoms. The van der Waals surface area contributed by atoms with Crippen molar-refractivity contribution < 1.29 is 19.1 Å². The Balaban J connectivity index is 1.30. The number of nitrogens with two attached hydrogens (primary N) is 1. The molecule has 9 nitrogen and oxygen atoms in total. The predicted molar refractivity (Wildman–Crippen MR) is 101 cm³/mol. The molecule has 0 radical (unpaired) electrons.